The summed E-state index contributed by atoms with van der Waals surface area (Å²) < 4.78 is 16.3. The van der Waals surface area contributed by atoms with Gasteiger partial charge in [-0.05, 0) is 28.8 Å². The van der Waals surface area contributed by atoms with Crippen molar-refractivity contribution in [3.8, 4) is 5.75 Å². The maximum absolute atomic E-state index is 6.40. The molecule has 1 fully saturated rings. The minimum absolute atomic E-state index is 0.635. The lowest BCUT2D eigenvalue weighted by Gasteiger charge is -2.26. The minimum Gasteiger partial charge on any atom is -0.491 e. The van der Waals surface area contributed by atoms with Crippen molar-refractivity contribution in [3.05, 3.63) is 64.2 Å². The largest absolute Gasteiger partial charge is 0.491 e. The molecule has 0 unspecified atom stereocenters. The van der Waals surface area contributed by atoms with Crippen molar-refractivity contribution >= 4 is 11.6 Å². The van der Waals surface area contributed by atoms with Crippen LogP contribution in [0.3, 0.4) is 0 Å². The summed E-state index contributed by atoms with van der Waals surface area (Å²) in [5.74, 6) is 0.743. The zero-order valence-corrected chi connectivity index (χ0v) is 17.2. The lowest BCUT2D eigenvalue weighted by Crippen LogP contribution is -2.38. The van der Waals surface area contributed by atoms with Crippen molar-refractivity contribution in [3.63, 3.8) is 0 Å². The van der Waals surface area contributed by atoms with Gasteiger partial charge in [0.1, 0.15) is 12.4 Å². The molecule has 0 spiro atoms. The molecule has 0 aliphatic carbocycles. The van der Waals surface area contributed by atoms with Gasteiger partial charge < -0.3 is 19.5 Å². The molecule has 28 heavy (non-hydrogen) atoms. The van der Waals surface area contributed by atoms with Crippen LogP contribution in [-0.2, 0) is 29.2 Å². The van der Waals surface area contributed by atoms with Crippen LogP contribution in [0.25, 0.3) is 0 Å². The van der Waals surface area contributed by atoms with Gasteiger partial charge in [-0.15, -0.1) is 0 Å². The fourth-order valence-corrected chi connectivity index (χ4v) is 3.41. The van der Waals surface area contributed by atoms with Gasteiger partial charge in [-0.25, -0.2) is 0 Å². The number of methoxy groups -OCH3 is 1. The molecule has 0 bridgehead atoms. The van der Waals surface area contributed by atoms with E-state index < -0.39 is 0 Å². The molecule has 2 aromatic rings. The zero-order valence-electron chi connectivity index (χ0n) is 16.5. The van der Waals surface area contributed by atoms with Crippen molar-refractivity contribution in [1.82, 2.24) is 10.2 Å². The van der Waals surface area contributed by atoms with Gasteiger partial charge in [0.15, 0.2) is 0 Å². The molecule has 1 aliphatic heterocycles. The molecule has 6 heteroatoms. The summed E-state index contributed by atoms with van der Waals surface area (Å²) in [6, 6.07) is 14.4. The molecule has 3 rings (SSSR count). The topological polar surface area (TPSA) is 43.0 Å². The van der Waals surface area contributed by atoms with E-state index in [9.17, 15) is 0 Å². The number of halogens is 1. The van der Waals surface area contributed by atoms with E-state index >= 15 is 0 Å². The second kappa shape index (κ2) is 11.4. The van der Waals surface area contributed by atoms with Crippen molar-refractivity contribution < 1.29 is 14.2 Å². The number of morpholine rings is 1. The minimum atomic E-state index is 0.635. The molecule has 2 aromatic carbocycles. The van der Waals surface area contributed by atoms with Crippen molar-refractivity contribution in [2.75, 3.05) is 46.6 Å². The highest BCUT2D eigenvalue weighted by atomic mass is 35.5. The highest BCUT2D eigenvalue weighted by molar-refractivity contribution is 6.32. The first-order valence-corrected chi connectivity index (χ1v) is 10.1. The van der Waals surface area contributed by atoms with Crippen molar-refractivity contribution in [1.29, 1.82) is 0 Å². The number of nitrogens with zero attached hydrogens (tertiary/aromatic N) is 1. The summed E-state index contributed by atoms with van der Waals surface area (Å²) in [7, 11) is 1.71. The van der Waals surface area contributed by atoms with Crippen molar-refractivity contribution in [2.24, 2.45) is 0 Å². The summed E-state index contributed by atoms with van der Waals surface area (Å²) in [5, 5.41) is 4.11. The van der Waals surface area contributed by atoms with Crippen LogP contribution in [0.5, 0.6) is 5.75 Å². The number of benzene rings is 2. The zero-order chi connectivity index (χ0) is 19.6. The first kappa shape index (κ1) is 21.1. The van der Waals surface area contributed by atoms with Gasteiger partial charge in [-0.1, -0.05) is 41.9 Å². The standard InChI is InChI=1S/C22H29ClN2O3/c1-26-17-19-4-2-18(3-5-19)15-24-16-20-6-7-22(21(23)14-20)28-13-10-25-8-11-27-12-9-25/h2-7,14,24H,8-13,15-17H2,1H3. The Labute approximate surface area is 172 Å². The summed E-state index contributed by atoms with van der Waals surface area (Å²) >= 11 is 6.40. The fraction of sp³-hybridized carbons (Fsp3) is 0.455. The van der Waals surface area contributed by atoms with Crippen LogP contribution in [-0.4, -0.2) is 51.5 Å². The third kappa shape index (κ3) is 6.76. The summed E-state index contributed by atoms with van der Waals surface area (Å²) in [5.41, 5.74) is 3.57. The van der Waals surface area contributed by atoms with E-state index in [0.717, 1.165) is 57.3 Å². The van der Waals surface area contributed by atoms with E-state index in [4.69, 9.17) is 25.8 Å². The Morgan fingerprint density at radius 2 is 1.68 bits per heavy atom. The number of hydrogen-bond acceptors (Lipinski definition) is 5. The van der Waals surface area contributed by atoms with E-state index in [1.54, 1.807) is 7.11 Å². The highest BCUT2D eigenvalue weighted by Crippen LogP contribution is 2.25. The van der Waals surface area contributed by atoms with Crippen LogP contribution in [0, 0.1) is 0 Å². The molecule has 5 nitrogen and oxygen atoms in total. The van der Waals surface area contributed by atoms with Crippen LogP contribution in [0.15, 0.2) is 42.5 Å². The number of hydrogen-bond donors (Lipinski definition) is 1. The summed E-state index contributed by atoms with van der Waals surface area (Å²) in [4.78, 5) is 2.34. The molecule has 1 heterocycles. The number of ether oxygens (including phenoxy) is 3. The normalized spacial score (nSPS) is 14.9. The first-order chi connectivity index (χ1) is 13.7. The maximum atomic E-state index is 6.40. The molecule has 0 amide bonds. The Morgan fingerprint density at radius 3 is 2.39 bits per heavy atom. The molecule has 0 saturated carbocycles. The Balaban J connectivity index is 1.40. The average Bonchev–Trinajstić information content (AvgIpc) is 2.72. The molecule has 1 N–H and O–H groups in total. The SMILES string of the molecule is COCc1ccc(CNCc2ccc(OCCN3CCOCC3)c(Cl)c2)cc1. The molecule has 1 aliphatic rings. The maximum Gasteiger partial charge on any atom is 0.137 e. The van der Waals surface area contributed by atoms with Gasteiger partial charge in [0, 0.05) is 39.8 Å². The van der Waals surface area contributed by atoms with Gasteiger partial charge in [0.05, 0.1) is 24.8 Å². The van der Waals surface area contributed by atoms with E-state index in [0.29, 0.717) is 18.2 Å². The molecule has 1 saturated heterocycles. The molecule has 0 aromatic heterocycles. The van der Waals surface area contributed by atoms with E-state index in [-0.39, 0.29) is 0 Å². The van der Waals surface area contributed by atoms with Gasteiger partial charge >= 0.3 is 0 Å². The lowest BCUT2D eigenvalue weighted by molar-refractivity contribution is 0.0322. The molecule has 0 atom stereocenters. The Kier molecular flexibility index (Phi) is 8.58. The van der Waals surface area contributed by atoms with Gasteiger partial charge in [-0.2, -0.15) is 0 Å². The molecule has 0 radical (unpaired) electrons. The van der Waals surface area contributed by atoms with Crippen LogP contribution >= 0.6 is 11.6 Å². The Bertz CT molecular complexity index is 718. The Morgan fingerprint density at radius 1 is 1.00 bits per heavy atom. The first-order valence-electron chi connectivity index (χ1n) is 9.73. The third-order valence-corrected chi connectivity index (χ3v) is 5.05. The van der Waals surface area contributed by atoms with E-state index in [2.05, 4.69) is 40.5 Å². The highest BCUT2D eigenvalue weighted by Gasteiger charge is 2.10. The fourth-order valence-electron chi connectivity index (χ4n) is 3.15. The van der Waals surface area contributed by atoms with Gasteiger partial charge in [0.25, 0.3) is 0 Å². The van der Waals surface area contributed by atoms with Crippen LogP contribution < -0.4 is 10.1 Å². The second-order valence-electron chi connectivity index (χ2n) is 6.92. The number of nitrogens with one attached hydrogen (secondary N) is 1. The van der Waals surface area contributed by atoms with E-state index in [1.165, 1.54) is 11.1 Å². The van der Waals surface area contributed by atoms with Crippen LogP contribution in [0.4, 0.5) is 0 Å². The van der Waals surface area contributed by atoms with E-state index in [1.807, 2.05) is 12.1 Å². The lowest BCUT2D eigenvalue weighted by atomic mass is 10.1. The Hall–Kier alpha value is -1.63. The average molecular weight is 405 g/mol. The summed E-state index contributed by atoms with van der Waals surface area (Å²) in [6.07, 6.45) is 0. The predicted octanol–water partition coefficient (Wildman–Crippen LogP) is 3.49. The number of rotatable bonds is 10. The monoisotopic (exact) mass is 404 g/mol. The molecular weight excluding hydrogens is 376 g/mol. The molecular formula is C22H29ClN2O3. The van der Waals surface area contributed by atoms with Crippen molar-refractivity contribution in [2.45, 2.75) is 19.7 Å². The van der Waals surface area contributed by atoms with Gasteiger partial charge in [0.2, 0.25) is 0 Å². The predicted molar refractivity (Wildman–Crippen MR) is 112 cm³/mol. The smallest absolute Gasteiger partial charge is 0.137 e. The summed E-state index contributed by atoms with van der Waals surface area (Å²) in [6.45, 7) is 7.29. The molecule has 152 valence electrons. The third-order valence-electron chi connectivity index (χ3n) is 4.76. The van der Waals surface area contributed by atoms with Crippen LogP contribution in [0.2, 0.25) is 5.02 Å². The van der Waals surface area contributed by atoms with Crippen LogP contribution in [0.1, 0.15) is 16.7 Å². The van der Waals surface area contributed by atoms with Gasteiger partial charge in [-0.3, -0.25) is 4.90 Å². The quantitative estimate of drug-likeness (QED) is 0.656. The second-order valence-corrected chi connectivity index (χ2v) is 7.33.